The van der Waals surface area contributed by atoms with Gasteiger partial charge in [0.05, 0.1) is 17.4 Å². The van der Waals surface area contributed by atoms with E-state index in [1.165, 1.54) is 0 Å². The molecule has 2 aromatic rings. The molecule has 1 atom stereocenters. The van der Waals surface area contributed by atoms with Gasteiger partial charge in [0.2, 0.25) is 0 Å². The largest absolute Gasteiger partial charge is 0.506 e. The maximum absolute atomic E-state index is 12.5. The molecule has 2 N–H and O–H groups in total. The number of benzene rings is 2. The summed E-state index contributed by atoms with van der Waals surface area (Å²) in [7, 11) is 0. The van der Waals surface area contributed by atoms with Crippen molar-refractivity contribution >= 4 is 11.6 Å². The number of hydrogen-bond donors (Lipinski definition) is 2. The van der Waals surface area contributed by atoms with Crippen molar-refractivity contribution in [3.05, 3.63) is 53.6 Å². The van der Waals surface area contributed by atoms with E-state index in [1.807, 2.05) is 19.1 Å². The van der Waals surface area contributed by atoms with Gasteiger partial charge in [-0.2, -0.15) is 0 Å². The van der Waals surface area contributed by atoms with Crippen LogP contribution in [0.5, 0.6) is 11.5 Å². The van der Waals surface area contributed by atoms with Crippen molar-refractivity contribution in [1.82, 2.24) is 0 Å². The van der Waals surface area contributed by atoms with Gasteiger partial charge in [0, 0.05) is 6.61 Å². The van der Waals surface area contributed by atoms with Crippen LogP contribution in [0.25, 0.3) is 0 Å². The molecular weight excluding hydrogens is 306 g/mol. The number of aromatic hydroxyl groups is 1. The summed E-state index contributed by atoms with van der Waals surface area (Å²) in [4.78, 5) is 12.5. The van der Waals surface area contributed by atoms with Crippen molar-refractivity contribution < 1.29 is 19.4 Å². The van der Waals surface area contributed by atoms with Crippen LogP contribution >= 0.6 is 0 Å². The van der Waals surface area contributed by atoms with E-state index in [4.69, 9.17) is 9.47 Å². The van der Waals surface area contributed by atoms with Crippen LogP contribution in [0.3, 0.4) is 0 Å². The van der Waals surface area contributed by atoms with Crippen molar-refractivity contribution in [3.8, 4) is 11.5 Å². The molecule has 1 amide bonds. The number of phenolic OH excluding ortho intramolecular Hbond substituents is 1. The van der Waals surface area contributed by atoms with Gasteiger partial charge < -0.3 is 19.9 Å². The average molecular weight is 327 g/mol. The number of anilines is 1. The number of amides is 1. The number of aryl methyl sites for hydroxylation is 1. The van der Waals surface area contributed by atoms with E-state index in [1.54, 1.807) is 30.3 Å². The second kappa shape index (κ2) is 7.36. The predicted octanol–water partition coefficient (Wildman–Crippen LogP) is 3.51. The second-order valence-electron chi connectivity index (χ2n) is 5.92. The minimum atomic E-state index is -0.322. The summed E-state index contributed by atoms with van der Waals surface area (Å²) in [5.41, 5.74) is 1.72. The number of nitrogens with one attached hydrogen (secondary N) is 1. The number of hydrogen-bond acceptors (Lipinski definition) is 4. The Bertz CT molecular complexity index is 723. The van der Waals surface area contributed by atoms with Crippen LogP contribution < -0.4 is 10.1 Å². The van der Waals surface area contributed by atoms with Gasteiger partial charge in [-0.3, -0.25) is 4.79 Å². The van der Waals surface area contributed by atoms with Crippen molar-refractivity contribution in [3.63, 3.8) is 0 Å². The van der Waals surface area contributed by atoms with Gasteiger partial charge in [-0.1, -0.05) is 18.2 Å². The summed E-state index contributed by atoms with van der Waals surface area (Å²) >= 11 is 0. The number of rotatable bonds is 5. The van der Waals surface area contributed by atoms with Gasteiger partial charge in [0.1, 0.15) is 18.1 Å². The average Bonchev–Trinajstić information content (AvgIpc) is 3.09. The van der Waals surface area contributed by atoms with Gasteiger partial charge >= 0.3 is 0 Å². The molecule has 126 valence electrons. The molecular formula is C19H21NO4. The van der Waals surface area contributed by atoms with Gasteiger partial charge in [0.15, 0.2) is 0 Å². The Morgan fingerprint density at radius 2 is 2.17 bits per heavy atom. The lowest BCUT2D eigenvalue weighted by Crippen LogP contribution is -2.19. The summed E-state index contributed by atoms with van der Waals surface area (Å²) in [6.45, 7) is 3.07. The van der Waals surface area contributed by atoms with Crippen molar-refractivity contribution in [2.75, 3.05) is 18.5 Å². The molecule has 1 heterocycles. The summed E-state index contributed by atoms with van der Waals surface area (Å²) in [6, 6.07) is 12.2. The summed E-state index contributed by atoms with van der Waals surface area (Å²) in [5.74, 6) is 0.232. The highest BCUT2D eigenvalue weighted by atomic mass is 16.5. The first kappa shape index (κ1) is 16.3. The Morgan fingerprint density at radius 1 is 1.33 bits per heavy atom. The zero-order valence-electron chi connectivity index (χ0n) is 13.6. The van der Waals surface area contributed by atoms with Gasteiger partial charge in [-0.25, -0.2) is 0 Å². The van der Waals surface area contributed by atoms with E-state index in [0.29, 0.717) is 23.6 Å². The Kier molecular flexibility index (Phi) is 5.01. The molecule has 1 aliphatic heterocycles. The molecule has 0 radical (unpaired) electrons. The van der Waals surface area contributed by atoms with Gasteiger partial charge in [-0.05, 0) is 49.6 Å². The number of phenols is 1. The van der Waals surface area contributed by atoms with E-state index >= 15 is 0 Å². The summed E-state index contributed by atoms with van der Waals surface area (Å²) in [6.07, 6.45) is 2.11. The molecule has 24 heavy (non-hydrogen) atoms. The fourth-order valence-electron chi connectivity index (χ4n) is 2.68. The first-order chi connectivity index (χ1) is 11.6. The fraction of sp³-hybridized carbons (Fsp3) is 0.316. The summed E-state index contributed by atoms with van der Waals surface area (Å²) < 4.78 is 11.3. The molecule has 1 aliphatic rings. The smallest absolute Gasteiger partial charge is 0.259 e. The first-order valence-electron chi connectivity index (χ1n) is 8.08. The number of carbonyl (C=O) groups is 1. The molecule has 0 aromatic heterocycles. The SMILES string of the molecule is Cc1ccc(NC(=O)c2ccccc2OCC2CCCO2)c(O)c1. The third kappa shape index (κ3) is 3.86. The van der Waals surface area contributed by atoms with Gasteiger partial charge in [-0.15, -0.1) is 0 Å². The van der Waals surface area contributed by atoms with Gasteiger partial charge in [0.25, 0.3) is 5.91 Å². The molecule has 5 nitrogen and oxygen atoms in total. The highest BCUT2D eigenvalue weighted by molar-refractivity contribution is 6.06. The zero-order chi connectivity index (χ0) is 16.9. The maximum atomic E-state index is 12.5. The second-order valence-corrected chi connectivity index (χ2v) is 5.92. The predicted molar refractivity (Wildman–Crippen MR) is 91.7 cm³/mol. The molecule has 5 heteroatoms. The highest BCUT2D eigenvalue weighted by Gasteiger charge is 2.18. The van der Waals surface area contributed by atoms with Crippen LogP contribution in [0, 0.1) is 6.92 Å². The highest BCUT2D eigenvalue weighted by Crippen LogP contribution is 2.26. The topological polar surface area (TPSA) is 67.8 Å². The molecule has 1 fully saturated rings. The van der Waals surface area contributed by atoms with Crippen LogP contribution in [-0.4, -0.2) is 30.3 Å². The quantitative estimate of drug-likeness (QED) is 0.825. The maximum Gasteiger partial charge on any atom is 0.259 e. The van der Waals surface area contributed by atoms with Crippen LogP contribution in [0.1, 0.15) is 28.8 Å². The Labute approximate surface area is 141 Å². The zero-order valence-corrected chi connectivity index (χ0v) is 13.6. The molecule has 0 bridgehead atoms. The molecule has 0 spiro atoms. The Morgan fingerprint density at radius 3 is 2.92 bits per heavy atom. The van der Waals surface area contributed by atoms with E-state index in [2.05, 4.69) is 5.32 Å². The molecule has 2 aromatic carbocycles. The molecule has 0 saturated carbocycles. The fourth-order valence-corrected chi connectivity index (χ4v) is 2.68. The van der Waals surface area contributed by atoms with Crippen molar-refractivity contribution in [2.45, 2.75) is 25.9 Å². The lowest BCUT2D eigenvalue weighted by atomic mass is 10.1. The third-order valence-corrected chi connectivity index (χ3v) is 3.98. The monoisotopic (exact) mass is 327 g/mol. The van der Waals surface area contributed by atoms with Crippen LogP contribution in [0.15, 0.2) is 42.5 Å². The number of ether oxygens (including phenoxy) is 2. The lowest BCUT2D eigenvalue weighted by Gasteiger charge is -2.15. The van der Waals surface area contributed by atoms with E-state index in [-0.39, 0.29) is 17.8 Å². The molecule has 1 unspecified atom stereocenters. The van der Waals surface area contributed by atoms with Crippen LogP contribution in [-0.2, 0) is 4.74 Å². The Hall–Kier alpha value is -2.53. The molecule has 0 aliphatic carbocycles. The third-order valence-electron chi connectivity index (χ3n) is 3.98. The molecule has 1 saturated heterocycles. The van der Waals surface area contributed by atoms with Crippen molar-refractivity contribution in [2.24, 2.45) is 0 Å². The minimum absolute atomic E-state index is 0.0427. The van der Waals surface area contributed by atoms with Crippen LogP contribution in [0.4, 0.5) is 5.69 Å². The Balaban J connectivity index is 1.72. The van der Waals surface area contributed by atoms with Crippen LogP contribution in [0.2, 0.25) is 0 Å². The normalized spacial score (nSPS) is 16.8. The van der Waals surface area contributed by atoms with E-state index in [0.717, 1.165) is 25.0 Å². The summed E-state index contributed by atoms with van der Waals surface area (Å²) in [5, 5.41) is 12.7. The standard InChI is InChI=1S/C19H21NO4/c1-13-8-9-16(17(21)11-13)20-19(22)15-6-2-3-7-18(15)24-12-14-5-4-10-23-14/h2-3,6-9,11,14,21H,4-5,10,12H2,1H3,(H,20,22). The lowest BCUT2D eigenvalue weighted by molar-refractivity contribution is 0.0673. The van der Waals surface area contributed by atoms with Crippen molar-refractivity contribution in [1.29, 1.82) is 0 Å². The number of para-hydroxylation sites is 1. The first-order valence-corrected chi connectivity index (χ1v) is 8.08. The molecule has 3 rings (SSSR count). The minimum Gasteiger partial charge on any atom is -0.506 e. The van der Waals surface area contributed by atoms with E-state index in [9.17, 15) is 9.90 Å². The van der Waals surface area contributed by atoms with E-state index < -0.39 is 0 Å². The number of carbonyl (C=O) groups excluding carboxylic acids is 1.